The minimum atomic E-state index is -3.27. The molecule has 0 aromatic heterocycles. The van der Waals surface area contributed by atoms with Crippen molar-refractivity contribution in [1.82, 2.24) is 9.80 Å². The first-order valence-electron chi connectivity index (χ1n) is 20.6. The van der Waals surface area contributed by atoms with Gasteiger partial charge in [0.25, 0.3) is 0 Å². The van der Waals surface area contributed by atoms with Crippen LogP contribution in [0, 0.1) is 50.2 Å². The molecule has 1 heterocycles. The molecule has 5 aliphatic carbocycles. The largest absolute Gasteiger partial charge is 0.393 e. The van der Waals surface area contributed by atoms with Gasteiger partial charge < -0.3 is 14.9 Å². The van der Waals surface area contributed by atoms with Gasteiger partial charge in [0.15, 0.2) is 9.84 Å². The van der Waals surface area contributed by atoms with E-state index in [0.717, 1.165) is 56.9 Å². The third-order valence-electron chi connectivity index (χ3n) is 17.0. The first kappa shape index (κ1) is 38.8. The lowest BCUT2D eigenvalue weighted by Crippen LogP contribution is -2.64. The van der Waals surface area contributed by atoms with Gasteiger partial charge in [0.05, 0.1) is 11.0 Å². The van der Waals surface area contributed by atoms with Gasteiger partial charge in [-0.05, 0) is 138 Å². The Hall–Kier alpha value is -2.45. The number of benzene rings is 1. The third kappa shape index (κ3) is 6.38. The second-order valence-electron chi connectivity index (χ2n) is 20.5. The summed E-state index contributed by atoms with van der Waals surface area (Å²) < 4.78 is 23.6. The highest BCUT2D eigenvalue weighted by molar-refractivity contribution is 7.90. The molecule has 0 spiro atoms. The zero-order valence-electron chi connectivity index (χ0n) is 33.8. The van der Waals surface area contributed by atoms with Crippen LogP contribution in [0.15, 0.2) is 46.9 Å². The van der Waals surface area contributed by atoms with E-state index in [1.54, 1.807) is 42.0 Å². The maximum Gasteiger partial charge on any atom is 0.246 e. The van der Waals surface area contributed by atoms with Crippen molar-refractivity contribution < 1.29 is 23.1 Å². The monoisotopic (exact) mass is 746 g/mol. The molecule has 53 heavy (non-hydrogen) atoms. The third-order valence-corrected chi connectivity index (χ3v) is 18.1. The second-order valence-corrected chi connectivity index (χ2v) is 22.5. The fourth-order valence-electron chi connectivity index (χ4n) is 13.3. The van der Waals surface area contributed by atoms with Crippen molar-refractivity contribution >= 4 is 27.7 Å². The summed E-state index contributed by atoms with van der Waals surface area (Å²) in [5, 5.41) is 11.1. The molecule has 0 radical (unpaired) electrons. The van der Waals surface area contributed by atoms with Crippen LogP contribution < -0.4 is 0 Å². The van der Waals surface area contributed by atoms with Crippen molar-refractivity contribution in [3.63, 3.8) is 0 Å². The van der Waals surface area contributed by atoms with Gasteiger partial charge in [0, 0.05) is 44.9 Å². The van der Waals surface area contributed by atoms with Crippen molar-refractivity contribution in [3.8, 4) is 0 Å². The van der Waals surface area contributed by atoms with E-state index in [1.807, 2.05) is 9.80 Å². The Labute approximate surface area is 320 Å². The molecule has 7 nitrogen and oxygen atoms in total. The number of carbonyl (C=O) groups is 2. The molecular formula is C45H66N2O5S. The molecule has 292 valence electrons. The van der Waals surface area contributed by atoms with E-state index in [1.165, 1.54) is 19.1 Å². The predicted molar refractivity (Wildman–Crippen MR) is 211 cm³/mol. The van der Waals surface area contributed by atoms with Gasteiger partial charge in [-0.15, -0.1) is 0 Å². The highest BCUT2D eigenvalue weighted by atomic mass is 32.2. The Morgan fingerprint density at radius 2 is 1.47 bits per heavy atom. The molecule has 1 unspecified atom stereocenters. The molecule has 8 heteroatoms. The number of rotatable bonds is 5. The number of hydrogen-bond donors (Lipinski definition) is 1. The molecule has 4 saturated carbocycles. The van der Waals surface area contributed by atoms with Crippen LogP contribution in [0.5, 0.6) is 0 Å². The summed E-state index contributed by atoms with van der Waals surface area (Å²) in [6.45, 7) is 19.5. The summed E-state index contributed by atoms with van der Waals surface area (Å²) in [7, 11) is -3.27. The molecule has 5 fully saturated rings. The number of piperazine rings is 1. The van der Waals surface area contributed by atoms with Crippen molar-refractivity contribution in [2.75, 3.05) is 32.4 Å². The summed E-state index contributed by atoms with van der Waals surface area (Å²) in [6.07, 6.45) is 18.8. The van der Waals surface area contributed by atoms with E-state index < -0.39 is 9.84 Å². The number of fused-ring (bicyclic) bond motifs is 7. The summed E-state index contributed by atoms with van der Waals surface area (Å²) in [5.74, 6) is 1.73. The molecule has 6 aliphatic rings. The van der Waals surface area contributed by atoms with Crippen LogP contribution in [0.3, 0.4) is 0 Å². The molecular weight excluding hydrogens is 681 g/mol. The smallest absolute Gasteiger partial charge is 0.246 e. The Morgan fingerprint density at radius 1 is 0.830 bits per heavy atom. The Kier molecular flexibility index (Phi) is 9.57. The lowest BCUT2D eigenvalue weighted by molar-refractivity contribution is -0.203. The SMILES string of the molecule is CC1(C)CC[C@]2(CC(=O)N3CCN(C(=O)/C=C/c4ccc(S(C)(=O)=O)cc4)CC3)CC[C@]3(C)C(=CC[C@@H]4[C@@]5(C)CCC(O)C(C)(C)[C@@H]5CC[C@]43C)[C@@H]2C1. The van der Waals surface area contributed by atoms with Crippen molar-refractivity contribution in [2.24, 2.45) is 50.2 Å². The van der Waals surface area contributed by atoms with Crippen LogP contribution in [0.1, 0.15) is 125 Å². The normalized spacial score (nSPS) is 39.3. The van der Waals surface area contributed by atoms with Gasteiger partial charge in [0.2, 0.25) is 11.8 Å². The quantitative estimate of drug-likeness (QED) is 0.242. The lowest BCUT2D eigenvalue weighted by atomic mass is 9.33. The Bertz CT molecular complexity index is 1790. The minimum Gasteiger partial charge on any atom is -0.393 e. The highest BCUT2D eigenvalue weighted by Gasteiger charge is 2.68. The highest BCUT2D eigenvalue weighted by Crippen LogP contribution is 2.76. The number of carbonyl (C=O) groups excluding carboxylic acids is 2. The number of hydrogen-bond acceptors (Lipinski definition) is 5. The predicted octanol–water partition coefficient (Wildman–Crippen LogP) is 8.33. The Morgan fingerprint density at radius 3 is 2.13 bits per heavy atom. The van der Waals surface area contributed by atoms with Gasteiger partial charge in [-0.2, -0.15) is 0 Å². The number of aliphatic hydroxyl groups excluding tert-OH is 1. The standard InChI is InChI=1S/C45H66N2O5S/c1-40(2)21-23-45(30-39(50)47-27-25-46(26-28-47)38(49)16-11-31-9-12-32(13-10-31)53(8,51)52)24-22-43(6)33(34(45)29-40)14-15-36-42(5)19-18-37(48)41(3,4)35(42)17-20-44(36,43)7/h9-14,16,34-37,48H,15,17-30H2,1-8H3/b16-11+/t34-,35-,36+,37?,42-,43+,44+,45+/m0/s1. The van der Waals surface area contributed by atoms with Crippen LogP contribution in [-0.2, 0) is 19.4 Å². The first-order chi connectivity index (χ1) is 24.7. The second kappa shape index (κ2) is 13.1. The molecule has 7 rings (SSSR count). The average molecular weight is 747 g/mol. The number of nitrogens with zero attached hydrogens (tertiary/aromatic N) is 2. The number of sulfone groups is 1. The van der Waals surface area contributed by atoms with E-state index in [4.69, 9.17) is 0 Å². The minimum absolute atomic E-state index is 0.0124. The molecule has 1 saturated heterocycles. The van der Waals surface area contributed by atoms with Crippen LogP contribution in [0.25, 0.3) is 6.08 Å². The van der Waals surface area contributed by atoms with E-state index in [9.17, 15) is 23.1 Å². The number of amides is 2. The molecule has 8 atom stereocenters. The van der Waals surface area contributed by atoms with Crippen LogP contribution in [0.4, 0.5) is 0 Å². The first-order valence-corrected chi connectivity index (χ1v) is 22.5. The van der Waals surface area contributed by atoms with E-state index in [-0.39, 0.29) is 55.3 Å². The summed E-state index contributed by atoms with van der Waals surface area (Å²) in [5.41, 5.74) is 3.16. The number of allylic oxidation sites excluding steroid dienone is 2. The molecule has 1 aromatic rings. The van der Waals surface area contributed by atoms with Gasteiger partial charge in [-0.3, -0.25) is 9.59 Å². The zero-order valence-corrected chi connectivity index (χ0v) is 34.7. The average Bonchev–Trinajstić information content (AvgIpc) is 3.09. The van der Waals surface area contributed by atoms with Crippen LogP contribution in [-0.4, -0.2) is 73.7 Å². The molecule has 1 aromatic carbocycles. The molecule has 2 amide bonds. The van der Waals surface area contributed by atoms with Crippen molar-refractivity contribution in [3.05, 3.63) is 47.6 Å². The van der Waals surface area contributed by atoms with E-state index in [0.29, 0.717) is 50.4 Å². The summed E-state index contributed by atoms with van der Waals surface area (Å²) in [6, 6.07) is 6.54. The molecule has 1 aliphatic heterocycles. The molecule has 1 N–H and O–H groups in total. The maximum absolute atomic E-state index is 14.3. The topological polar surface area (TPSA) is 95.0 Å². The van der Waals surface area contributed by atoms with Crippen LogP contribution in [0.2, 0.25) is 0 Å². The van der Waals surface area contributed by atoms with Crippen LogP contribution >= 0.6 is 0 Å². The summed E-state index contributed by atoms with van der Waals surface area (Å²) in [4.78, 5) is 31.5. The Balaban J connectivity index is 1.06. The van der Waals surface area contributed by atoms with Crippen molar-refractivity contribution in [1.29, 1.82) is 0 Å². The zero-order chi connectivity index (χ0) is 38.4. The number of aliphatic hydroxyl groups is 1. The van der Waals surface area contributed by atoms with Gasteiger partial charge in [0.1, 0.15) is 0 Å². The molecule has 0 bridgehead atoms. The van der Waals surface area contributed by atoms with Crippen molar-refractivity contribution in [2.45, 2.75) is 130 Å². The summed E-state index contributed by atoms with van der Waals surface area (Å²) >= 11 is 0. The van der Waals surface area contributed by atoms with Gasteiger partial charge in [-0.1, -0.05) is 72.2 Å². The van der Waals surface area contributed by atoms with Gasteiger partial charge in [-0.25, -0.2) is 8.42 Å². The van der Waals surface area contributed by atoms with E-state index in [2.05, 4.69) is 54.5 Å². The van der Waals surface area contributed by atoms with Gasteiger partial charge >= 0.3 is 0 Å². The fraction of sp³-hybridized carbons (Fsp3) is 0.733. The fourth-order valence-corrected chi connectivity index (χ4v) is 14.0. The maximum atomic E-state index is 14.3. The van der Waals surface area contributed by atoms with E-state index >= 15 is 0 Å². The lowest BCUT2D eigenvalue weighted by Gasteiger charge is -2.71.